The Kier molecular flexibility index (Phi) is 5.11. The number of ketones is 1. The first-order valence-corrected chi connectivity index (χ1v) is 7.00. The number of ether oxygens (including phenoxy) is 2. The lowest BCUT2D eigenvalue weighted by molar-refractivity contribution is 0.0474. The highest BCUT2D eigenvalue weighted by molar-refractivity contribution is 9.10. The highest BCUT2D eigenvalue weighted by Gasteiger charge is 2.14. The van der Waals surface area contributed by atoms with Crippen LogP contribution in [0.15, 0.2) is 53.0 Å². The number of hydrogen-bond acceptors (Lipinski definition) is 4. The molecule has 21 heavy (non-hydrogen) atoms. The maximum atomic E-state index is 12.0. The number of methoxy groups -OCH3 is 1. The third-order valence-corrected chi connectivity index (χ3v) is 3.51. The molecule has 0 aliphatic carbocycles. The van der Waals surface area contributed by atoms with Crippen LogP contribution in [-0.2, 0) is 4.74 Å². The van der Waals surface area contributed by atoms with E-state index >= 15 is 0 Å². The summed E-state index contributed by atoms with van der Waals surface area (Å²) in [6.45, 7) is -0.312. The summed E-state index contributed by atoms with van der Waals surface area (Å²) >= 11 is 3.27. The highest BCUT2D eigenvalue weighted by atomic mass is 79.9. The molecule has 0 aliphatic heterocycles. The van der Waals surface area contributed by atoms with E-state index in [0.717, 1.165) is 0 Å². The standard InChI is InChI=1S/C16H13BrO4/c1-20-12-6-4-5-11(9-12)15(18)10-21-16(19)13-7-2-3-8-14(13)17/h2-9H,10H2,1H3. The molecule has 5 heteroatoms. The van der Waals surface area contributed by atoms with Crippen LogP contribution < -0.4 is 4.74 Å². The number of esters is 1. The van der Waals surface area contributed by atoms with E-state index in [2.05, 4.69) is 15.9 Å². The van der Waals surface area contributed by atoms with Gasteiger partial charge in [0.15, 0.2) is 12.4 Å². The number of rotatable bonds is 5. The lowest BCUT2D eigenvalue weighted by Gasteiger charge is -2.06. The molecule has 0 aliphatic rings. The van der Waals surface area contributed by atoms with Crippen molar-refractivity contribution in [3.63, 3.8) is 0 Å². The molecule has 0 spiro atoms. The van der Waals surface area contributed by atoms with Crippen molar-refractivity contribution in [1.29, 1.82) is 0 Å². The Morgan fingerprint density at radius 2 is 1.86 bits per heavy atom. The molecule has 4 nitrogen and oxygen atoms in total. The van der Waals surface area contributed by atoms with Gasteiger partial charge in [0.25, 0.3) is 0 Å². The van der Waals surface area contributed by atoms with E-state index in [1.807, 2.05) is 0 Å². The molecule has 0 atom stereocenters. The summed E-state index contributed by atoms with van der Waals surface area (Å²) in [6.07, 6.45) is 0. The maximum absolute atomic E-state index is 12.0. The molecular weight excluding hydrogens is 336 g/mol. The van der Waals surface area contributed by atoms with Gasteiger partial charge in [0.05, 0.1) is 12.7 Å². The number of Topliss-reactive ketones (excluding diaryl/α,β-unsaturated/α-hetero) is 1. The quantitative estimate of drug-likeness (QED) is 0.613. The number of hydrogen-bond donors (Lipinski definition) is 0. The molecule has 0 amide bonds. The fourth-order valence-electron chi connectivity index (χ4n) is 1.72. The predicted octanol–water partition coefficient (Wildman–Crippen LogP) is 3.50. The van der Waals surface area contributed by atoms with Gasteiger partial charge in [0.2, 0.25) is 0 Å². The van der Waals surface area contributed by atoms with Gasteiger partial charge in [-0.2, -0.15) is 0 Å². The summed E-state index contributed by atoms with van der Waals surface area (Å²) in [6, 6.07) is 13.6. The van der Waals surface area contributed by atoms with Crippen LogP contribution in [0.2, 0.25) is 0 Å². The van der Waals surface area contributed by atoms with Crippen LogP contribution in [0.3, 0.4) is 0 Å². The van der Waals surface area contributed by atoms with Crippen LogP contribution in [0, 0.1) is 0 Å². The Labute approximate surface area is 130 Å². The monoisotopic (exact) mass is 348 g/mol. The summed E-state index contributed by atoms with van der Waals surface area (Å²) < 4.78 is 10.7. The molecule has 0 unspecified atom stereocenters. The van der Waals surface area contributed by atoms with Crippen LogP contribution in [0.25, 0.3) is 0 Å². The predicted molar refractivity (Wildman–Crippen MR) is 81.7 cm³/mol. The van der Waals surface area contributed by atoms with Crippen molar-refractivity contribution in [3.8, 4) is 5.75 Å². The Hall–Kier alpha value is -2.14. The Morgan fingerprint density at radius 1 is 1.10 bits per heavy atom. The molecule has 2 rings (SSSR count). The fourth-order valence-corrected chi connectivity index (χ4v) is 2.16. The molecule has 0 bridgehead atoms. The van der Waals surface area contributed by atoms with Crippen molar-refractivity contribution in [3.05, 3.63) is 64.1 Å². The van der Waals surface area contributed by atoms with E-state index in [-0.39, 0.29) is 12.4 Å². The number of halogens is 1. The lowest BCUT2D eigenvalue weighted by atomic mass is 10.1. The second-order valence-electron chi connectivity index (χ2n) is 4.21. The molecule has 0 radical (unpaired) electrons. The average Bonchev–Trinajstić information content (AvgIpc) is 2.52. The number of carbonyl (C=O) groups excluding carboxylic acids is 2. The zero-order chi connectivity index (χ0) is 15.2. The largest absolute Gasteiger partial charge is 0.497 e. The van der Waals surface area contributed by atoms with Gasteiger partial charge in [-0.25, -0.2) is 4.79 Å². The van der Waals surface area contributed by atoms with E-state index in [1.165, 1.54) is 7.11 Å². The van der Waals surface area contributed by atoms with Crippen LogP contribution in [0.1, 0.15) is 20.7 Å². The highest BCUT2D eigenvalue weighted by Crippen LogP contribution is 2.17. The van der Waals surface area contributed by atoms with Crippen LogP contribution in [0.4, 0.5) is 0 Å². The zero-order valence-corrected chi connectivity index (χ0v) is 12.9. The fraction of sp³-hybridized carbons (Fsp3) is 0.125. The van der Waals surface area contributed by atoms with Gasteiger partial charge in [-0.1, -0.05) is 24.3 Å². The molecule has 0 saturated heterocycles. The van der Waals surface area contributed by atoms with Crippen molar-refractivity contribution < 1.29 is 19.1 Å². The smallest absolute Gasteiger partial charge is 0.339 e. The normalized spacial score (nSPS) is 10.0. The van der Waals surface area contributed by atoms with Crippen LogP contribution in [0.5, 0.6) is 5.75 Å². The third kappa shape index (κ3) is 3.92. The first kappa shape index (κ1) is 15.3. The summed E-state index contributed by atoms with van der Waals surface area (Å²) in [4.78, 5) is 23.9. The minimum Gasteiger partial charge on any atom is -0.497 e. The molecule has 0 saturated carbocycles. The van der Waals surface area contributed by atoms with E-state index in [1.54, 1.807) is 48.5 Å². The van der Waals surface area contributed by atoms with Crippen molar-refractivity contribution in [1.82, 2.24) is 0 Å². The topological polar surface area (TPSA) is 52.6 Å². The molecular formula is C16H13BrO4. The average molecular weight is 349 g/mol. The first-order valence-electron chi connectivity index (χ1n) is 6.20. The molecule has 0 aromatic heterocycles. The Balaban J connectivity index is 2.01. The minimum atomic E-state index is -0.543. The number of carbonyl (C=O) groups is 2. The third-order valence-electron chi connectivity index (χ3n) is 2.82. The van der Waals surface area contributed by atoms with E-state index in [9.17, 15) is 9.59 Å². The second kappa shape index (κ2) is 7.04. The minimum absolute atomic E-state index is 0.283. The SMILES string of the molecule is COc1cccc(C(=O)COC(=O)c2ccccc2Br)c1. The van der Waals surface area contributed by atoms with Gasteiger partial charge >= 0.3 is 5.97 Å². The summed E-state index contributed by atoms with van der Waals surface area (Å²) in [7, 11) is 1.52. The molecule has 0 N–H and O–H groups in total. The molecule has 2 aromatic carbocycles. The Morgan fingerprint density at radius 3 is 2.57 bits per heavy atom. The number of benzene rings is 2. The summed E-state index contributed by atoms with van der Waals surface area (Å²) in [5, 5.41) is 0. The van der Waals surface area contributed by atoms with Crippen molar-refractivity contribution in [2.45, 2.75) is 0 Å². The molecule has 0 fully saturated rings. The Bertz CT molecular complexity index is 667. The van der Waals surface area contributed by atoms with Gasteiger partial charge in [0.1, 0.15) is 5.75 Å². The summed E-state index contributed by atoms with van der Waals surface area (Å²) in [5.41, 5.74) is 0.824. The van der Waals surface area contributed by atoms with Crippen LogP contribution >= 0.6 is 15.9 Å². The van der Waals surface area contributed by atoms with Gasteiger partial charge < -0.3 is 9.47 Å². The van der Waals surface area contributed by atoms with Crippen molar-refractivity contribution in [2.75, 3.05) is 13.7 Å². The molecule has 0 heterocycles. The second-order valence-corrected chi connectivity index (χ2v) is 5.07. The maximum Gasteiger partial charge on any atom is 0.339 e. The molecule has 2 aromatic rings. The molecule has 108 valence electrons. The van der Waals surface area contributed by atoms with Gasteiger partial charge in [-0.3, -0.25) is 4.79 Å². The zero-order valence-electron chi connectivity index (χ0n) is 11.3. The van der Waals surface area contributed by atoms with E-state index < -0.39 is 5.97 Å². The van der Waals surface area contributed by atoms with Crippen molar-refractivity contribution in [2.24, 2.45) is 0 Å². The van der Waals surface area contributed by atoms with Gasteiger partial charge in [-0.05, 0) is 40.2 Å². The first-order chi connectivity index (χ1) is 10.1. The van der Waals surface area contributed by atoms with E-state index in [0.29, 0.717) is 21.3 Å². The summed E-state index contributed by atoms with van der Waals surface area (Å²) in [5.74, 6) is -0.244. The van der Waals surface area contributed by atoms with Gasteiger partial charge in [0, 0.05) is 10.0 Å². The van der Waals surface area contributed by atoms with Crippen molar-refractivity contribution >= 4 is 27.7 Å². The van der Waals surface area contributed by atoms with Crippen LogP contribution in [-0.4, -0.2) is 25.5 Å². The van der Waals surface area contributed by atoms with E-state index in [4.69, 9.17) is 9.47 Å². The lowest BCUT2D eigenvalue weighted by Crippen LogP contribution is -2.14. The van der Waals surface area contributed by atoms with Gasteiger partial charge in [-0.15, -0.1) is 0 Å².